The van der Waals surface area contributed by atoms with Crippen LogP contribution in [0.4, 0.5) is 0 Å². The van der Waals surface area contributed by atoms with E-state index in [-0.39, 0.29) is 15.5 Å². The third-order valence-electron chi connectivity index (χ3n) is 2.52. The Bertz CT molecular complexity index is 683. The van der Waals surface area contributed by atoms with Gasteiger partial charge in [0.25, 0.3) is 10.0 Å². The third-order valence-corrected chi connectivity index (χ3v) is 4.52. The molecule has 1 rings (SSSR count). The zero-order valence-corrected chi connectivity index (χ0v) is 13.1. The van der Waals surface area contributed by atoms with Crippen molar-refractivity contribution in [3.8, 4) is 6.07 Å². The van der Waals surface area contributed by atoms with Gasteiger partial charge in [0.2, 0.25) is 0 Å². The van der Waals surface area contributed by atoms with E-state index in [4.69, 9.17) is 21.6 Å². The van der Waals surface area contributed by atoms with Gasteiger partial charge in [0.05, 0.1) is 22.6 Å². The van der Waals surface area contributed by atoms with Gasteiger partial charge in [-0.15, -0.1) is 0 Å². The summed E-state index contributed by atoms with van der Waals surface area (Å²) in [5, 5.41) is 8.63. The highest BCUT2D eigenvalue weighted by Gasteiger charge is 2.24. The van der Waals surface area contributed by atoms with Crippen molar-refractivity contribution in [1.82, 2.24) is 4.47 Å². The van der Waals surface area contributed by atoms with Crippen LogP contribution >= 0.6 is 11.6 Å². The Kier molecular flexibility index (Phi) is 5.69. The number of hydrogen-bond donors (Lipinski definition) is 0. The monoisotopic (exact) mass is 332 g/mol. The van der Waals surface area contributed by atoms with Crippen molar-refractivity contribution in [2.75, 3.05) is 14.2 Å². The van der Waals surface area contributed by atoms with Crippen molar-refractivity contribution in [2.45, 2.75) is 17.9 Å². The van der Waals surface area contributed by atoms with E-state index in [0.29, 0.717) is 4.47 Å². The second-order valence-electron chi connectivity index (χ2n) is 3.92. The van der Waals surface area contributed by atoms with E-state index in [1.807, 2.05) is 0 Å². The summed E-state index contributed by atoms with van der Waals surface area (Å²) in [6.07, 6.45) is -0.976. The molecule has 0 heterocycles. The highest BCUT2D eigenvalue weighted by atomic mass is 35.5. The molecule has 0 bridgehead atoms. The van der Waals surface area contributed by atoms with E-state index >= 15 is 0 Å². The SMILES string of the molecule is CON(C)S(=O)(=O)c1ccc(Cl)c(C(=O)O[C@@H](C)C#N)c1. The predicted molar refractivity (Wildman–Crippen MR) is 73.9 cm³/mol. The van der Waals surface area contributed by atoms with E-state index in [9.17, 15) is 13.2 Å². The number of sulfonamides is 1. The minimum atomic E-state index is -3.92. The Morgan fingerprint density at radius 1 is 1.48 bits per heavy atom. The number of ether oxygens (including phenoxy) is 1. The lowest BCUT2D eigenvalue weighted by Gasteiger charge is -2.15. The maximum absolute atomic E-state index is 12.1. The average molecular weight is 333 g/mol. The summed E-state index contributed by atoms with van der Waals surface area (Å²) in [4.78, 5) is 16.3. The van der Waals surface area contributed by atoms with Crippen LogP contribution in [0.25, 0.3) is 0 Å². The number of carbonyl (C=O) groups is 1. The molecule has 0 fully saturated rings. The molecule has 0 saturated heterocycles. The first kappa shape index (κ1) is 17.4. The van der Waals surface area contributed by atoms with Gasteiger partial charge in [-0.1, -0.05) is 16.1 Å². The zero-order valence-electron chi connectivity index (χ0n) is 11.5. The topological polar surface area (TPSA) is 96.7 Å². The standard InChI is InChI=1S/C12H13ClN2O5S/c1-8(7-14)20-12(16)10-6-9(4-5-11(10)13)21(17,18)15(2)19-3/h4-6,8H,1-3H3/t8-/m0/s1. The molecule has 1 aromatic carbocycles. The molecule has 0 unspecified atom stereocenters. The van der Waals surface area contributed by atoms with Gasteiger partial charge in [-0.05, 0) is 25.1 Å². The molecular formula is C12H13ClN2O5S. The number of benzene rings is 1. The first-order chi connectivity index (χ1) is 9.73. The molecule has 0 aliphatic carbocycles. The normalized spacial score (nSPS) is 12.8. The second kappa shape index (κ2) is 6.87. The molecule has 0 spiro atoms. The molecule has 114 valence electrons. The number of carbonyl (C=O) groups excluding carboxylic acids is 1. The molecule has 0 aromatic heterocycles. The van der Waals surface area contributed by atoms with E-state index in [1.54, 1.807) is 6.07 Å². The van der Waals surface area contributed by atoms with Gasteiger partial charge in [-0.2, -0.15) is 5.26 Å². The maximum atomic E-state index is 12.1. The van der Waals surface area contributed by atoms with Gasteiger partial charge in [0.1, 0.15) is 6.07 Å². The Morgan fingerprint density at radius 3 is 2.62 bits per heavy atom. The van der Waals surface area contributed by atoms with Crippen molar-refractivity contribution < 1.29 is 22.8 Å². The highest BCUT2D eigenvalue weighted by Crippen LogP contribution is 2.23. The molecule has 0 saturated carbocycles. The van der Waals surface area contributed by atoms with E-state index in [0.717, 1.165) is 6.07 Å². The van der Waals surface area contributed by atoms with Crippen LogP contribution in [0.2, 0.25) is 5.02 Å². The Hall–Kier alpha value is -1.66. The third kappa shape index (κ3) is 3.92. The van der Waals surface area contributed by atoms with Crippen LogP contribution in [0.15, 0.2) is 23.1 Å². The Morgan fingerprint density at radius 2 is 2.10 bits per heavy atom. The van der Waals surface area contributed by atoms with Gasteiger partial charge < -0.3 is 4.74 Å². The van der Waals surface area contributed by atoms with Crippen LogP contribution in [0, 0.1) is 11.3 Å². The first-order valence-electron chi connectivity index (χ1n) is 5.67. The smallest absolute Gasteiger partial charge is 0.340 e. The molecule has 9 heteroatoms. The van der Waals surface area contributed by atoms with Crippen LogP contribution in [-0.4, -0.2) is 39.1 Å². The fraction of sp³-hybridized carbons (Fsp3) is 0.333. The summed E-state index contributed by atoms with van der Waals surface area (Å²) in [6, 6.07) is 5.28. The Labute approximate surface area is 127 Å². The van der Waals surface area contributed by atoms with Gasteiger partial charge in [-0.25, -0.2) is 13.2 Å². The van der Waals surface area contributed by atoms with E-state index in [1.165, 1.54) is 33.2 Å². The largest absolute Gasteiger partial charge is 0.444 e. The molecule has 0 aliphatic rings. The number of nitriles is 1. The lowest BCUT2D eigenvalue weighted by atomic mass is 10.2. The summed E-state index contributed by atoms with van der Waals surface area (Å²) in [5.74, 6) is -0.883. The van der Waals surface area contributed by atoms with Crippen molar-refractivity contribution >= 4 is 27.6 Å². The number of rotatable bonds is 5. The maximum Gasteiger partial charge on any atom is 0.340 e. The fourth-order valence-corrected chi connectivity index (χ4v) is 2.51. The molecule has 7 nitrogen and oxygen atoms in total. The number of hydrogen-bond acceptors (Lipinski definition) is 6. The number of nitrogens with zero attached hydrogens (tertiary/aromatic N) is 2. The molecule has 21 heavy (non-hydrogen) atoms. The molecule has 0 N–H and O–H groups in total. The van der Waals surface area contributed by atoms with Crippen molar-refractivity contribution in [3.63, 3.8) is 0 Å². The predicted octanol–water partition coefficient (Wildman–Crippen LogP) is 1.59. The number of esters is 1. The van der Waals surface area contributed by atoms with Crippen molar-refractivity contribution in [2.24, 2.45) is 0 Å². The van der Waals surface area contributed by atoms with Crippen LogP contribution in [0.1, 0.15) is 17.3 Å². The minimum absolute atomic E-state index is 0.0177. The van der Waals surface area contributed by atoms with Crippen molar-refractivity contribution in [1.29, 1.82) is 5.26 Å². The molecular weight excluding hydrogens is 320 g/mol. The van der Waals surface area contributed by atoms with Gasteiger partial charge >= 0.3 is 5.97 Å². The molecule has 1 aromatic rings. The fourth-order valence-electron chi connectivity index (χ4n) is 1.32. The summed E-state index contributed by atoms with van der Waals surface area (Å²) >= 11 is 5.86. The van der Waals surface area contributed by atoms with Crippen LogP contribution in [-0.2, 0) is 19.6 Å². The van der Waals surface area contributed by atoms with Gasteiger partial charge in [-0.3, -0.25) is 4.84 Å². The first-order valence-corrected chi connectivity index (χ1v) is 7.49. The van der Waals surface area contributed by atoms with Crippen LogP contribution in [0.5, 0.6) is 0 Å². The van der Waals surface area contributed by atoms with Gasteiger partial charge in [0, 0.05) is 7.05 Å². The highest BCUT2D eigenvalue weighted by molar-refractivity contribution is 7.89. The molecule has 0 aliphatic heterocycles. The lowest BCUT2D eigenvalue weighted by Crippen LogP contribution is -2.26. The number of halogens is 1. The minimum Gasteiger partial charge on any atom is -0.444 e. The molecule has 0 radical (unpaired) electrons. The van der Waals surface area contributed by atoms with Gasteiger partial charge in [0.15, 0.2) is 6.10 Å². The second-order valence-corrected chi connectivity index (χ2v) is 6.26. The molecule has 1 atom stereocenters. The number of hydroxylamine groups is 1. The average Bonchev–Trinajstić information content (AvgIpc) is 2.46. The van der Waals surface area contributed by atoms with Crippen LogP contribution < -0.4 is 0 Å². The molecule has 0 amide bonds. The summed E-state index contributed by atoms with van der Waals surface area (Å²) < 4.78 is 29.6. The van der Waals surface area contributed by atoms with E-state index in [2.05, 4.69) is 4.84 Å². The zero-order chi connectivity index (χ0) is 16.2. The lowest BCUT2D eigenvalue weighted by molar-refractivity contribution is -0.0258. The summed E-state index contributed by atoms with van der Waals surface area (Å²) in [6.45, 7) is 1.38. The van der Waals surface area contributed by atoms with Crippen molar-refractivity contribution in [3.05, 3.63) is 28.8 Å². The van der Waals surface area contributed by atoms with E-state index < -0.39 is 22.1 Å². The summed E-state index contributed by atoms with van der Waals surface area (Å²) in [7, 11) is -1.52. The summed E-state index contributed by atoms with van der Waals surface area (Å²) in [5.41, 5.74) is -0.149. The Balaban J connectivity index is 3.24. The quantitative estimate of drug-likeness (QED) is 0.600. The van der Waals surface area contributed by atoms with Crippen LogP contribution in [0.3, 0.4) is 0 Å².